The highest BCUT2D eigenvalue weighted by Gasteiger charge is 2.38. The quantitative estimate of drug-likeness (QED) is 0.903. The van der Waals surface area contributed by atoms with Crippen LogP contribution in [-0.4, -0.2) is 45.9 Å². The van der Waals surface area contributed by atoms with Gasteiger partial charge in [0.1, 0.15) is 5.75 Å². The molecule has 0 spiro atoms. The average molecular weight is 327 g/mol. The highest BCUT2D eigenvalue weighted by Crippen LogP contribution is 2.42. The van der Waals surface area contributed by atoms with Gasteiger partial charge in [0, 0.05) is 12.5 Å². The molecule has 0 radical (unpaired) electrons. The van der Waals surface area contributed by atoms with Crippen LogP contribution < -0.4 is 4.74 Å². The number of rotatable bonds is 4. The number of ether oxygens (including phenoxy) is 1. The van der Waals surface area contributed by atoms with Gasteiger partial charge in [-0.25, -0.2) is 0 Å². The molecule has 126 valence electrons. The Balaban J connectivity index is 1.64. The molecule has 1 amide bonds. The van der Waals surface area contributed by atoms with Gasteiger partial charge in [-0.05, 0) is 37.0 Å². The summed E-state index contributed by atoms with van der Waals surface area (Å²) < 4.78 is 5.29. The molecule has 2 aliphatic rings. The van der Waals surface area contributed by atoms with Gasteiger partial charge < -0.3 is 14.7 Å². The van der Waals surface area contributed by atoms with E-state index in [4.69, 9.17) is 4.74 Å². The van der Waals surface area contributed by atoms with E-state index < -0.39 is 6.10 Å². The molecule has 1 saturated carbocycles. The molecule has 2 unspecified atom stereocenters. The SMILES string of the molecule is COc1cccc(C2CC(O)CN2C(=O)c2cn[nH]c2C2CC2)c1. The first-order chi connectivity index (χ1) is 11.7. The number of carbonyl (C=O) groups is 1. The molecule has 2 atom stereocenters. The summed E-state index contributed by atoms with van der Waals surface area (Å²) in [5.74, 6) is 1.12. The van der Waals surface area contributed by atoms with Crippen molar-refractivity contribution in [1.29, 1.82) is 0 Å². The fraction of sp³-hybridized carbons (Fsp3) is 0.444. The third-order valence-electron chi connectivity index (χ3n) is 4.90. The molecule has 6 heteroatoms. The Bertz CT molecular complexity index is 753. The number of nitrogens with one attached hydrogen (secondary N) is 1. The van der Waals surface area contributed by atoms with Crippen LogP contribution in [-0.2, 0) is 0 Å². The highest BCUT2D eigenvalue weighted by atomic mass is 16.5. The third-order valence-corrected chi connectivity index (χ3v) is 4.90. The first-order valence-electron chi connectivity index (χ1n) is 8.33. The Kier molecular flexibility index (Phi) is 3.76. The van der Waals surface area contributed by atoms with Gasteiger partial charge in [-0.15, -0.1) is 0 Å². The number of methoxy groups -OCH3 is 1. The standard InChI is InChI=1S/C18H21N3O3/c1-24-14-4-2-3-12(7-14)16-8-13(22)10-21(16)18(23)15-9-19-20-17(15)11-5-6-11/h2-4,7,9,11,13,16,22H,5-6,8,10H2,1H3,(H,19,20). The number of H-pyrrole nitrogens is 1. The molecule has 2 heterocycles. The van der Waals surface area contributed by atoms with E-state index in [-0.39, 0.29) is 11.9 Å². The van der Waals surface area contributed by atoms with E-state index >= 15 is 0 Å². The van der Waals surface area contributed by atoms with E-state index in [9.17, 15) is 9.90 Å². The zero-order valence-electron chi connectivity index (χ0n) is 13.6. The number of hydrogen-bond donors (Lipinski definition) is 2. The van der Waals surface area contributed by atoms with Crippen LogP contribution in [0.2, 0.25) is 0 Å². The summed E-state index contributed by atoms with van der Waals surface area (Å²) in [7, 11) is 1.62. The topological polar surface area (TPSA) is 78.5 Å². The van der Waals surface area contributed by atoms with Crippen LogP contribution in [0.25, 0.3) is 0 Å². The molecule has 1 saturated heterocycles. The number of amides is 1. The second kappa shape index (κ2) is 5.94. The number of aromatic amines is 1. The summed E-state index contributed by atoms with van der Waals surface area (Å²) in [5.41, 5.74) is 2.56. The molecule has 1 aliphatic carbocycles. The molecule has 2 aromatic rings. The smallest absolute Gasteiger partial charge is 0.257 e. The number of likely N-dealkylation sites (tertiary alicyclic amines) is 1. The van der Waals surface area contributed by atoms with Crippen LogP contribution in [0.15, 0.2) is 30.5 Å². The van der Waals surface area contributed by atoms with Gasteiger partial charge in [0.2, 0.25) is 0 Å². The molecule has 1 aliphatic heterocycles. The fourth-order valence-electron chi connectivity index (χ4n) is 3.51. The minimum Gasteiger partial charge on any atom is -0.497 e. The number of aliphatic hydroxyl groups excluding tert-OH is 1. The lowest BCUT2D eigenvalue weighted by Gasteiger charge is -2.25. The maximum Gasteiger partial charge on any atom is 0.257 e. The van der Waals surface area contributed by atoms with Crippen LogP contribution in [0.3, 0.4) is 0 Å². The fourth-order valence-corrected chi connectivity index (χ4v) is 3.51. The number of carbonyl (C=O) groups excluding carboxylic acids is 1. The molecular formula is C18H21N3O3. The molecule has 1 aromatic heterocycles. The Hall–Kier alpha value is -2.34. The van der Waals surface area contributed by atoms with Gasteiger partial charge in [0.25, 0.3) is 5.91 Å². The number of aromatic nitrogens is 2. The lowest BCUT2D eigenvalue weighted by atomic mass is 10.0. The minimum atomic E-state index is -0.513. The van der Waals surface area contributed by atoms with Crippen molar-refractivity contribution in [3.63, 3.8) is 0 Å². The van der Waals surface area contributed by atoms with Crippen LogP contribution in [0.4, 0.5) is 0 Å². The summed E-state index contributed by atoms with van der Waals surface area (Å²) in [6.45, 7) is 0.343. The second-order valence-electron chi connectivity index (χ2n) is 6.61. The van der Waals surface area contributed by atoms with Gasteiger partial charge in [0.05, 0.1) is 36.7 Å². The maximum atomic E-state index is 13.1. The molecule has 6 nitrogen and oxygen atoms in total. The van der Waals surface area contributed by atoms with Gasteiger partial charge in [-0.2, -0.15) is 5.10 Å². The monoisotopic (exact) mass is 327 g/mol. The molecular weight excluding hydrogens is 306 g/mol. The van der Waals surface area contributed by atoms with Crippen molar-refractivity contribution in [2.75, 3.05) is 13.7 Å². The van der Waals surface area contributed by atoms with Crippen LogP contribution in [0, 0.1) is 0 Å². The zero-order chi connectivity index (χ0) is 16.7. The largest absolute Gasteiger partial charge is 0.497 e. The Labute approximate surface area is 140 Å². The molecule has 4 rings (SSSR count). The van der Waals surface area contributed by atoms with Gasteiger partial charge in [0.15, 0.2) is 0 Å². The average Bonchev–Trinajstić information content (AvgIpc) is 3.19. The van der Waals surface area contributed by atoms with E-state index in [1.807, 2.05) is 24.3 Å². The zero-order valence-corrected chi connectivity index (χ0v) is 13.6. The Morgan fingerprint density at radius 3 is 3.00 bits per heavy atom. The van der Waals surface area contributed by atoms with E-state index in [1.54, 1.807) is 18.2 Å². The van der Waals surface area contributed by atoms with Crippen LogP contribution in [0.1, 0.15) is 52.8 Å². The predicted octanol–water partition coefficient (Wildman–Crippen LogP) is 2.24. The predicted molar refractivity (Wildman–Crippen MR) is 88.0 cm³/mol. The van der Waals surface area contributed by atoms with Crippen molar-refractivity contribution in [3.05, 3.63) is 47.3 Å². The number of nitrogens with zero attached hydrogens (tertiary/aromatic N) is 2. The number of benzene rings is 1. The summed E-state index contributed by atoms with van der Waals surface area (Å²) in [5, 5.41) is 17.2. The van der Waals surface area contributed by atoms with Gasteiger partial charge in [-0.3, -0.25) is 9.89 Å². The molecule has 2 fully saturated rings. The van der Waals surface area contributed by atoms with Crippen molar-refractivity contribution in [2.24, 2.45) is 0 Å². The Morgan fingerprint density at radius 2 is 2.25 bits per heavy atom. The molecule has 0 bridgehead atoms. The van der Waals surface area contributed by atoms with Crippen molar-refractivity contribution >= 4 is 5.91 Å². The van der Waals surface area contributed by atoms with Crippen molar-refractivity contribution in [3.8, 4) is 5.75 Å². The van der Waals surface area contributed by atoms with Gasteiger partial charge in [-0.1, -0.05) is 12.1 Å². The highest BCUT2D eigenvalue weighted by molar-refractivity contribution is 5.96. The first kappa shape index (κ1) is 15.2. The van der Waals surface area contributed by atoms with E-state index in [2.05, 4.69) is 10.2 Å². The second-order valence-corrected chi connectivity index (χ2v) is 6.61. The molecule has 24 heavy (non-hydrogen) atoms. The molecule has 1 aromatic carbocycles. The Morgan fingerprint density at radius 1 is 1.42 bits per heavy atom. The minimum absolute atomic E-state index is 0.0602. The van der Waals surface area contributed by atoms with E-state index in [0.717, 1.165) is 29.8 Å². The van der Waals surface area contributed by atoms with Crippen molar-refractivity contribution in [2.45, 2.75) is 37.3 Å². The van der Waals surface area contributed by atoms with Crippen LogP contribution in [0.5, 0.6) is 5.75 Å². The lowest BCUT2D eigenvalue weighted by Crippen LogP contribution is -2.32. The number of hydrogen-bond acceptors (Lipinski definition) is 4. The van der Waals surface area contributed by atoms with Crippen molar-refractivity contribution in [1.82, 2.24) is 15.1 Å². The van der Waals surface area contributed by atoms with Crippen molar-refractivity contribution < 1.29 is 14.6 Å². The van der Waals surface area contributed by atoms with Gasteiger partial charge >= 0.3 is 0 Å². The number of aliphatic hydroxyl groups is 1. The first-order valence-corrected chi connectivity index (χ1v) is 8.33. The summed E-state index contributed by atoms with van der Waals surface area (Å²) in [6, 6.07) is 7.55. The van der Waals surface area contributed by atoms with Crippen LogP contribution >= 0.6 is 0 Å². The summed E-state index contributed by atoms with van der Waals surface area (Å²) in [6.07, 6.45) is 3.84. The summed E-state index contributed by atoms with van der Waals surface area (Å²) >= 11 is 0. The normalized spacial score (nSPS) is 23.5. The third kappa shape index (κ3) is 2.67. The molecule has 2 N–H and O–H groups in total. The van der Waals surface area contributed by atoms with E-state index in [1.165, 1.54) is 0 Å². The lowest BCUT2D eigenvalue weighted by molar-refractivity contribution is 0.0714. The number of β-amino-alcohol motifs (C(OH)–C–C–N with tert-alkyl or cyclic N) is 1. The van der Waals surface area contributed by atoms with E-state index in [0.29, 0.717) is 24.4 Å². The maximum absolute atomic E-state index is 13.1. The summed E-state index contributed by atoms with van der Waals surface area (Å²) in [4.78, 5) is 14.8.